The Morgan fingerprint density at radius 2 is 1.04 bits per heavy atom. The minimum Gasteiger partial charge on any atom is -0.504 e. The Hall–Kier alpha value is -2.76. The lowest BCUT2D eigenvalue weighted by molar-refractivity contribution is 0.332. The second kappa shape index (κ2) is 4.74. The zero-order valence-corrected chi connectivity index (χ0v) is 15.8. The van der Waals surface area contributed by atoms with E-state index in [9.17, 15) is 30.6 Å². The molecule has 2 aliphatic rings. The maximum Gasteiger partial charge on any atom is 0.200 e. The first-order valence-corrected chi connectivity index (χ1v) is 8.91. The fraction of sp³-hybridized carbons (Fsp3) is 0.429. The van der Waals surface area contributed by atoms with E-state index in [1.807, 2.05) is 27.7 Å². The van der Waals surface area contributed by atoms with Crippen molar-refractivity contribution in [2.75, 3.05) is 0 Å². The topological polar surface area (TPSA) is 121 Å². The monoisotopic (exact) mass is 372 g/mol. The largest absolute Gasteiger partial charge is 0.504 e. The number of rotatable bonds is 0. The third kappa shape index (κ3) is 1.95. The summed E-state index contributed by atoms with van der Waals surface area (Å²) in [6.07, 6.45) is 1.05. The fourth-order valence-corrected chi connectivity index (χ4v) is 5.63. The van der Waals surface area contributed by atoms with Crippen LogP contribution in [0.2, 0.25) is 0 Å². The Balaban J connectivity index is 2.15. The predicted molar refractivity (Wildman–Crippen MR) is 98.9 cm³/mol. The molecule has 0 radical (unpaired) electrons. The van der Waals surface area contributed by atoms with E-state index >= 15 is 0 Å². The van der Waals surface area contributed by atoms with E-state index in [2.05, 4.69) is 0 Å². The van der Waals surface area contributed by atoms with Crippen LogP contribution in [0, 0.1) is 0 Å². The molecular weight excluding hydrogens is 348 g/mol. The minimum absolute atomic E-state index is 0.361. The Bertz CT molecular complexity index is 1000. The van der Waals surface area contributed by atoms with E-state index in [-0.39, 0.29) is 17.2 Å². The van der Waals surface area contributed by atoms with Crippen molar-refractivity contribution in [1.29, 1.82) is 0 Å². The van der Waals surface area contributed by atoms with Gasteiger partial charge in [0.15, 0.2) is 23.0 Å². The molecule has 27 heavy (non-hydrogen) atoms. The summed E-state index contributed by atoms with van der Waals surface area (Å²) in [4.78, 5) is 0. The minimum atomic E-state index is -0.782. The number of aromatic hydroxyl groups is 6. The van der Waals surface area contributed by atoms with Crippen LogP contribution >= 0.6 is 0 Å². The van der Waals surface area contributed by atoms with E-state index in [0.29, 0.717) is 35.1 Å². The SMILES string of the molecule is CC1(C)CC2(CC(C)(C)c3c2cc(O)c(O)c3O)c2c1cc(O)c(O)c2O. The molecule has 144 valence electrons. The van der Waals surface area contributed by atoms with Crippen LogP contribution in [0.25, 0.3) is 0 Å². The van der Waals surface area contributed by atoms with Crippen LogP contribution in [-0.4, -0.2) is 30.6 Å². The zero-order chi connectivity index (χ0) is 20.1. The van der Waals surface area contributed by atoms with Gasteiger partial charge in [0.05, 0.1) is 0 Å². The van der Waals surface area contributed by atoms with Crippen molar-refractivity contribution >= 4 is 0 Å². The van der Waals surface area contributed by atoms with Crippen molar-refractivity contribution in [1.82, 2.24) is 0 Å². The van der Waals surface area contributed by atoms with Crippen molar-refractivity contribution in [3.05, 3.63) is 34.4 Å². The van der Waals surface area contributed by atoms with Crippen molar-refractivity contribution < 1.29 is 30.6 Å². The molecule has 1 atom stereocenters. The van der Waals surface area contributed by atoms with Gasteiger partial charge >= 0.3 is 0 Å². The highest BCUT2D eigenvalue weighted by molar-refractivity contribution is 5.72. The number of phenols is 6. The second-order valence-corrected chi connectivity index (χ2v) is 9.23. The number of benzene rings is 2. The first kappa shape index (κ1) is 17.6. The molecule has 0 amide bonds. The molecule has 6 N–H and O–H groups in total. The predicted octanol–water partition coefficient (Wildman–Crippen LogP) is 3.57. The first-order chi connectivity index (χ1) is 12.3. The highest BCUT2D eigenvalue weighted by atomic mass is 16.3. The molecule has 6 nitrogen and oxygen atoms in total. The van der Waals surface area contributed by atoms with Gasteiger partial charge in [0.25, 0.3) is 0 Å². The molecular formula is C21H24O6. The van der Waals surface area contributed by atoms with E-state index in [1.165, 1.54) is 12.1 Å². The van der Waals surface area contributed by atoms with Crippen molar-refractivity contribution in [2.45, 2.75) is 56.8 Å². The average molecular weight is 372 g/mol. The van der Waals surface area contributed by atoms with E-state index < -0.39 is 33.5 Å². The summed E-state index contributed by atoms with van der Waals surface area (Å²) >= 11 is 0. The normalized spacial score (nSPS) is 24.1. The maximum atomic E-state index is 10.8. The molecule has 0 aliphatic heterocycles. The van der Waals surface area contributed by atoms with E-state index in [4.69, 9.17) is 0 Å². The summed E-state index contributed by atoms with van der Waals surface area (Å²) in [5.74, 6) is -2.70. The molecule has 2 aromatic carbocycles. The van der Waals surface area contributed by atoms with Gasteiger partial charge in [0.1, 0.15) is 0 Å². The fourth-order valence-electron chi connectivity index (χ4n) is 5.63. The lowest BCUT2D eigenvalue weighted by Gasteiger charge is -2.30. The van der Waals surface area contributed by atoms with Gasteiger partial charge in [-0.15, -0.1) is 0 Å². The lowest BCUT2D eigenvalue weighted by atomic mass is 9.72. The molecule has 2 aromatic rings. The lowest BCUT2D eigenvalue weighted by Crippen LogP contribution is -2.27. The maximum absolute atomic E-state index is 10.8. The van der Waals surface area contributed by atoms with Gasteiger partial charge in [0, 0.05) is 16.5 Å². The molecule has 4 rings (SSSR count). The molecule has 0 saturated carbocycles. The summed E-state index contributed by atoms with van der Waals surface area (Å²) in [5.41, 5.74) is 0.586. The molecule has 0 heterocycles. The Kier molecular flexibility index (Phi) is 3.10. The molecule has 1 unspecified atom stereocenters. The van der Waals surface area contributed by atoms with Gasteiger partial charge in [0.2, 0.25) is 11.5 Å². The van der Waals surface area contributed by atoms with Gasteiger partial charge in [-0.1, -0.05) is 27.7 Å². The third-order valence-corrected chi connectivity index (χ3v) is 6.40. The Labute approximate surface area is 157 Å². The van der Waals surface area contributed by atoms with Gasteiger partial charge < -0.3 is 30.6 Å². The van der Waals surface area contributed by atoms with Crippen LogP contribution in [0.5, 0.6) is 34.5 Å². The van der Waals surface area contributed by atoms with Crippen molar-refractivity contribution in [3.63, 3.8) is 0 Å². The molecule has 0 fully saturated rings. The van der Waals surface area contributed by atoms with Crippen LogP contribution in [0.1, 0.15) is 62.8 Å². The molecule has 0 saturated heterocycles. The van der Waals surface area contributed by atoms with E-state index in [1.54, 1.807) is 0 Å². The van der Waals surface area contributed by atoms with Gasteiger partial charge in [-0.2, -0.15) is 0 Å². The molecule has 0 bridgehead atoms. The standard InChI is InChI=1S/C21H24O6/c1-19(2)7-21(14-9(19)5-11(22)16(25)18(14)27)8-20(3,4)13-10(21)6-12(23)15(24)17(13)26/h5-6,22-27H,7-8H2,1-4H3. The first-order valence-electron chi connectivity index (χ1n) is 8.91. The molecule has 6 heteroatoms. The number of phenolic OH excluding ortho intramolecular Hbond substituents is 6. The van der Waals surface area contributed by atoms with Crippen LogP contribution < -0.4 is 0 Å². The third-order valence-electron chi connectivity index (χ3n) is 6.40. The smallest absolute Gasteiger partial charge is 0.200 e. The van der Waals surface area contributed by atoms with Gasteiger partial charge in [-0.05, 0) is 46.9 Å². The van der Waals surface area contributed by atoms with Crippen LogP contribution in [0.4, 0.5) is 0 Å². The number of fused-ring (bicyclic) bond motifs is 4. The summed E-state index contributed by atoms with van der Waals surface area (Å²) in [7, 11) is 0. The van der Waals surface area contributed by atoms with Crippen molar-refractivity contribution in [2.24, 2.45) is 0 Å². The Morgan fingerprint density at radius 3 is 1.59 bits per heavy atom. The second-order valence-electron chi connectivity index (χ2n) is 9.23. The highest BCUT2D eigenvalue weighted by Gasteiger charge is 2.59. The summed E-state index contributed by atoms with van der Waals surface area (Å²) < 4.78 is 0. The highest BCUT2D eigenvalue weighted by Crippen LogP contribution is 2.68. The van der Waals surface area contributed by atoms with Crippen LogP contribution in [0.15, 0.2) is 12.1 Å². The van der Waals surface area contributed by atoms with Crippen LogP contribution in [-0.2, 0) is 16.2 Å². The summed E-state index contributed by atoms with van der Waals surface area (Å²) in [6, 6.07) is 2.91. The average Bonchev–Trinajstić information content (AvgIpc) is 2.89. The summed E-state index contributed by atoms with van der Waals surface area (Å²) in [6.45, 7) is 7.83. The van der Waals surface area contributed by atoms with Crippen LogP contribution in [0.3, 0.4) is 0 Å². The van der Waals surface area contributed by atoms with E-state index in [0.717, 1.165) is 0 Å². The zero-order valence-electron chi connectivity index (χ0n) is 15.8. The molecule has 0 aromatic heterocycles. The number of hydrogen-bond acceptors (Lipinski definition) is 6. The Morgan fingerprint density at radius 1 is 0.593 bits per heavy atom. The van der Waals surface area contributed by atoms with Gasteiger partial charge in [-0.3, -0.25) is 0 Å². The summed E-state index contributed by atoms with van der Waals surface area (Å²) in [5, 5.41) is 61.7. The number of hydrogen-bond donors (Lipinski definition) is 6. The molecule has 1 spiro atoms. The molecule has 2 aliphatic carbocycles. The van der Waals surface area contributed by atoms with Crippen molar-refractivity contribution in [3.8, 4) is 34.5 Å². The quantitative estimate of drug-likeness (QED) is 0.393. The van der Waals surface area contributed by atoms with Gasteiger partial charge in [-0.25, -0.2) is 0 Å².